The monoisotopic (exact) mass is 170 g/mol. The lowest BCUT2D eigenvalue weighted by Gasteiger charge is -2.14. The van der Waals surface area contributed by atoms with Gasteiger partial charge in [0.2, 0.25) is 0 Å². The smallest absolute Gasteiger partial charge is 0.266 e. The summed E-state index contributed by atoms with van der Waals surface area (Å²) in [6.45, 7) is -0.00606. The van der Waals surface area contributed by atoms with E-state index in [0.717, 1.165) is 0 Å². The number of rotatable bonds is 5. The van der Waals surface area contributed by atoms with Crippen molar-refractivity contribution in [3.8, 4) is 0 Å². The van der Waals surface area contributed by atoms with Crippen molar-refractivity contribution in [2.45, 2.75) is 25.6 Å². The molecule has 0 aliphatic rings. The molecular weight excluding hydrogens is 161 g/mol. The zero-order valence-corrected chi connectivity index (χ0v) is 5.97. The summed E-state index contributed by atoms with van der Waals surface area (Å²) in [5.41, 5.74) is 0. The number of hydrogen-bond donors (Lipinski definition) is 0. The molecule has 0 aliphatic heterocycles. The van der Waals surface area contributed by atoms with Crippen LogP contribution in [-0.2, 0) is 9.53 Å². The fourth-order valence-corrected chi connectivity index (χ4v) is 0.471. The van der Waals surface area contributed by atoms with Crippen LogP contribution in [0.25, 0.3) is 0 Å². The van der Waals surface area contributed by atoms with E-state index >= 15 is 0 Å². The largest absolute Gasteiger partial charge is 0.359 e. The zero-order chi connectivity index (χ0) is 8.85. The van der Waals surface area contributed by atoms with Crippen molar-refractivity contribution in [2.24, 2.45) is 0 Å². The number of hydrogen-bond acceptors (Lipinski definition) is 2. The molecule has 0 spiro atoms. The first-order valence-electron chi connectivity index (χ1n) is 3.06. The molecule has 0 aliphatic carbocycles. The third kappa shape index (κ3) is 3.98. The normalized spacial score (nSPS) is 16.5. The first kappa shape index (κ1) is 10.4. The molecule has 2 unspecified atom stereocenters. The Morgan fingerprint density at radius 1 is 1.55 bits per heavy atom. The third-order valence-corrected chi connectivity index (χ3v) is 1.01. The van der Waals surface area contributed by atoms with Crippen molar-refractivity contribution >= 4 is 6.29 Å². The molecule has 0 aromatic heterocycles. The molecule has 0 amide bonds. The van der Waals surface area contributed by atoms with Crippen LogP contribution in [0.5, 0.6) is 0 Å². The summed E-state index contributed by atoms with van der Waals surface area (Å²) in [6, 6.07) is 0. The van der Waals surface area contributed by atoms with Gasteiger partial charge in [-0.3, -0.25) is 0 Å². The lowest BCUT2D eigenvalue weighted by molar-refractivity contribution is -0.130. The minimum atomic E-state index is -2.89. The van der Waals surface area contributed by atoms with Crippen molar-refractivity contribution in [3.05, 3.63) is 0 Å². The summed E-state index contributed by atoms with van der Waals surface area (Å²) >= 11 is 0. The molecular formula is C6H9F3O2. The molecule has 2 atom stereocenters. The number of alkyl halides is 3. The molecule has 0 N–H and O–H groups in total. The number of carbonyl (C=O) groups is 1. The Hall–Kier alpha value is -0.580. The summed E-state index contributed by atoms with van der Waals surface area (Å²) in [4.78, 5) is 9.89. The molecule has 66 valence electrons. The summed E-state index contributed by atoms with van der Waals surface area (Å²) in [7, 11) is 0. The van der Waals surface area contributed by atoms with E-state index in [0.29, 0.717) is 6.29 Å². The van der Waals surface area contributed by atoms with E-state index in [1.807, 2.05) is 0 Å². The van der Waals surface area contributed by atoms with Gasteiger partial charge < -0.3 is 9.53 Å². The van der Waals surface area contributed by atoms with E-state index < -0.39 is 25.3 Å². The molecule has 0 fully saturated rings. The van der Waals surface area contributed by atoms with Crippen LogP contribution in [0, 0.1) is 0 Å². The van der Waals surface area contributed by atoms with Gasteiger partial charge in [0.05, 0.1) is 0 Å². The van der Waals surface area contributed by atoms with Gasteiger partial charge in [-0.1, -0.05) is 0 Å². The van der Waals surface area contributed by atoms with Crippen LogP contribution >= 0.6 is 0 Å². The van der Waals surface area contributed by atoms with Crippen LogP contribution in [0.2, 0.25) is 0 Å². The molecule has 0 aromatic rings. The second-order valence-electron chi connectivity index (χ2n) is 2.00. The van der Waals surface area contributed by atoms with E-state index in [4.69, 9.17) is 0 Å². The number of aldehydes is 1. The molecule has 0 saturated carbocycles. The average Bonchev–Trinajstić information content (AvgIpc) is 1.99. The highest BCUT2D eigenvalue weighted by molar-refractivity contribution is 5.55. The second kappa shape index (κ2) is 5.12. The van der Waals surface area contributed by atoms with Gasteiger partial charge in [-0.15, -0.1) is 0 Å². The Morgan fingerprint density at radius 3 is 2.36 bits per heavy atom. The van der Waals surface area contributed by atoms with Crippen LogP contribution < -0.4 is 0 Å². The predicted octanol–water partition coefficient (Wildman–Crippen LogP) is 1.19. The lowest BCUT2D eigenvalue weighted by atomic mass is 10.4. The standard InChI is InChI=1S/C6H9F3O2/c1-4(3-10)11-5(2-7)6(8)9/h3-6H,2H2,1H3. The van der Waals surface area contributed by atoms with Gasteiger partial charge in [0.1, 0.15) is 25.2 Å². The summed E-state index contributed by atoms with van der Waals surface area (Å²) in [5, 5.41) is 0. The summed E-state index contributed by atoms with van der Waals surface area (Å²) < 4.78 is 39.4. The molecule has 11 heavy (non-hydrogen) atoms. The molecule has 0 aromatic carbocycles. The van der Waals surface area contributed by atoms with Crippen molar-refractivity contribution in [3.63, 3.8) is 0 Å². The van der Waals surface area contributed by atoms with Gasteiger partial charge in [-0.2, -0.15) is 0 Å². The fourth-order valence-electron chi connectivity index (χ4n) is 0.471. The summed E-state index contributed by atoms with van der Waals surface area (Å²) in [5.74, 6) is 0. The highest BCUT2D eigenvalue weighted by Gasteiger charge is 2.22. The minimum Gasteiger partial charge on any atom is -0.359 e. The Labute approximate surface area is 62.3 Å². The molecule has 0 bridgehead atoms. The maximum Gasteiger partial charge on any atom is 0.266 e. The molecule has 2 nitrogen and oxygen atoms in total. The highest BCUT2D eigenvalue weighted by Crippen LogP contribution is 2.08. The van der Waals surface area contributed by atoms with Gasteiger partial charge >= 0.3 is 0 Å². The SMILES string of the molecule is CC(C=O)OC(CF)C(F)F. The number of carbonyl (C=O) groups excluding carboxylic acids is 1. The van der Waals surface area contributed by atoms with Crippen molar-refractivity contribution in [2.75, 3.05) is 6.67 Å². The Bertz CT molecular complexity index is 118. The van der Waals surface area contributed by atoms with E-state index in [1.54, 1.807) is 0 Å². The molecule has 0 radical (unpaired) electrons. The maximum absolute atomic E-state index is 11.7. The number of halogens is 3. The van der Waals surface area contributed by atoms with Crippen LogP contribution in [-0.4, -0.2) is 31.6 Å². The Kier molecular flexibility index (Phi) is 4.85. The first-order valence-corrected chi connectivity index (χ1v) is 3.06. The van der Waals surface area contributed by atoms with Gasteiger partial charge in [-0.05, 0) is 6.92 Å². The van der Waals surface area contributed by atoms with Crippen molar-refractivity contribution in [1.29, 1.82) is 0 Å². The van der Waals surface area contributed by atoms with E-state index in [-0.39, 0.29) is 0 Å². The topological polar surface area (TPSA) is 26.3 Å². The fraction of sp³-hybridized carbons (Fsp3) is 0.833. The number of ether oxygens (including phenoxy) is 1. The third-order valence-electron chi connectivity index (χ3n) is 1.01. The molecule has 0 rings (SSSR count). The quantitative estimate of drug-likeness (QED) is 0.579. The lowest BCUT2D eigenvalue weighted by Crippen LogP contribution is -2.29. The van der Waals surface area contributed by atoms with Gasteiger partial charge in [-0.25, -0.2) is 13.2 Å². The van der Waals surface area contributed by atoms with E-state index in [1.165, 1.54) is 6.92 Å². The maximum atomic E-state index is 11.7. The van der Waals surface area contributed by atoms with Crippen LogP contribution in [0.4, 0.5) is 13.2 Å². The van der Waals surface area contributed by atoms with E-state index in [9.17, 15) is 18.0 Å². The molecule has 5 heteroatoms. The highest BCUT2D eigenvalue weighted by atomic mass is 19.3. The average molecular weight is 170 g/mol. The van der Waals surface area contributed by atoms with Crippen LogP contribution in [0.3, 0.4) is 0 Å². The van der Waals surface area contributed by atoms with E-state index in [2.05, 4.69) is 4.74 Å². The van der Waals surface area contributed by atoms with Gasteiger partial charge in [0.15, 0.2) is 0 Å². The zero-order valence-electron chi connectivity index (χ0n) is 5.97. The summed E-state index contributed by atoms with van der Waals surface area (Å²) in [6.07, 6.45) is -5.31. The minimum absolute atomic E-state index is 0.338. The molecule has 0 heterocycles. The van der Waals surface area contributed by atoms with Crippen LogP contribution in [0.1, 0.15) is 6.92 Å². The van der Waals surface area contributed by atoms with Crippen LogP contribution in [0.15, 0.2) is 0 Å². The van der Waals surface area contributed by atoms with Crippen molar-refractivity contribution < 1.29 is 22.7 Å². The van der Waals surface area contributed by atoms with Gasteiger partial charge in [0, 0.05) is 0 Å². The van der Waals surface area contributed by atoms with Gasteiger partial charge in [0.25, 0.3) is 6.43 Å². The Morgan fingerprint density at radius 2 is 2.09 bits per heavy atom. The first-order chi connectivity index (χ1) is 5.11. The molecule has 0 saturated heterocycles. The van der Waals surface area contributed by atoms with Crippen molar-refractivity contribution in [1.82, 2.24) is 0 Å². The predicted molar refractivity (Wildman–Crippen MR) is 32.4 cm³/mol. The second-order valence-corrected chi connectivity index (χ2v) is 2.00. The Balaban J connectivity index is 3.77.